The molecule has 0 saturated heterocycles. The lowest BCUT2D eigenvalue weighted by molar-refractivity contribution is -0.124. The Morgan fingerprint density at radius 1 is 1.29 bits per heavy atom. The highest BCUT2D eigenvalue weighted by atomic mass is 35.5. The van der Waals surface area contributed by atoms with Crippen LogP contribution >= 0.6 is 23.2 Å². The second-order valence-corrected chi connectivity index (χ2v) is 7.03. The molecule has 2 aromatic rings. The number of benzene rings is 1. The number of hydrogen-bond acceptors (Lipinski definition) is 4. The maximum atomic E-state index is 12.2. The van der Waals surface area contributed by atoms with Crippen molar-refractivity contribution in [3.63, 3.8) is 0 Å². The SMILES string of the molecule is C[C@H]1CCCC[C@@H]1NC(=O)COc1ncnc2c(Cl)cc(Cl)cc12. The molecule has 1 fully saturated rings. The molecule has 2 atom stereocenters. The Kier molecular flexibility index (Phi) is 5.41. The molecule has 3 rings (SSSR count). The second-order valence-electron chi connectivity index (χ2n) is 6.19. The van der Waals surface area contributed by atoms with Gasteiger partial charge in [0.2, 0.25) is 5.88 Å². The zero-order chi connectivity index (χ0) is 17.1. The molecular weight excluding hydrogens is 349 g/mol. The Labute approximate surface area is 150 Å². The van der Waals surface area contributed by atoms with Crippen LogP contribution in [0.4, 0.5) is 0 Å². The van der Waals surface area contributed by atoms with Crippen LogP contribution in [0.5, 0.6) is 5.88 Å². The lowest BCUT2D eigenvalue weighted by Crippen LogP contribution is -2.43. The maximum Gasteiger partial charge on any atom is 0.258 e. The third-order valence-corrected chi connectivity index (χ3v) is 4.92. The number of fused-ring (bicyclic) bond motifs is 1. The van der Waals surface area contributed by atoms with Gasteiger partial charge in [-0.05, 0) is 30.9 Å². The van der Waals surface area contributed by atoms with Crippen molar-refractivity contribution in [3.8, 4) is 5.88 Å². The van der Waals surface area contributed by atoms with E-state index in [1.54, 1.807) is 12.1 Å². The number of aromatic nitrogens is 2. The van der Waals surface area contributed by atoms with E-state index in [0.717, 1.165) is 19.3 Å². The fourth-order valence-electron chi connectivity index (χ4n) is 3.10. The first-order chi connectivity index (χ1) is 11.5. The van der Waals surface area contributed by atoms with Crippen molar-refractivity contribution in [2.24, 2.45) is 5.92 Å². The van der Waals surface area contributed by atoms with E-state index in [0.29, 0.717) is 32.7 Å². The molecule has 7 heteroatoms. The summed E-state index contributed by atoms with van der Waals surface area (Å²) in [5, 5.41) is 4.53. The number of ether oxygens (including phenoxy) is 1. The predicted molar refractivity (Wildman–Crippen MR) is 94.6 cm³/mol. The third-order valence-electron chi connectivity index (χ3n) is 4.42. The van der Waals surface area contributed by atoms with E-state index >= 15 is 0 Å². The van der Waals surface area contributed by atoms with Gasteiger partial charge in [0.05, 0.1) is 15.9 Å². The van der Waals surface area contributed by atoms with Crippen LogP contribution in [0.15, 0.2) is 18.5 Å². The van der Waals surface area contributed by atoms with Crippen molar-refractivity contribution in [2.75, 3.05) is 6.61 Å². The van der Waals surface area contributed by atoms with Gasteiger partial charge in [0.15, 0.2) is 6.61 Å². The highest BCUT2D eigenvalue weighted by Crippen LogP contribution is 2.30. The topological polar surface area (TPSA) is 64.1 Å². The zero-order valence-corrected chi connectivity index (χ0v) is 14.9. The number of hydrogen-bond donors (Lipinski definition) is 1. The Bertz CT molecular complexity index is 754. The summed E-state index contributed by atoms with van der Waals surface area (Å²) >= 11 is 12.2. The average Bonchev–Trinajstić information content (AvgIpc) is 2.55. The molecule has 1 N–H and O–H groups in total. The summed E-state index contributed by atoms with van der Waals surface area (Å²) in [4.78, 5) is 20.4. The fraction of sp³-hybridized carbons (Fsp3) is 0.471. The molecule has 1 aromatic carbocycles. The highest BCUT2D eigenvalue weighted by molar-refractivity contribution is 6.38. The summed E-state index contributed by atoms with van der Waals surface area (Å²) in [6.07, 6.45) is 5.93. The summed E-state index contributed by atoms with van der Waals surface area (Å²) in [6, 6.07) is 3.51. The molecule has 24 heavy (non-hydrogen) atoms. The number of carbonyl (C=O) groups excluding carboxylic acids is 1. The Balaban J connectivity index is 1.68. The van der Waals surface area contributed by atoms with Crippen LogP contribution in [0.2, 0.25) is 10.0 Å². The molecule has 128 valence electrons. The van der Waals surface area contributed by atoms with Gasteiger partial charge in [-0.2, -0.15) is 0 Å². The van der Waals surface area contributed by atoms with Crippen LogP contribution in [0.1, 0.15) is 32.6 Å². The van der Waals surface area contributed by atoms with Gasteiger partial charge < -0.3 is 10.1 Å². The summed E-state index contributed by atoms with van der Waals surface area (Å²) in [7, 11) is 0. The van der Waals surface area contributed by atoms with Crippen molar-refractivity contribution in [1.82, 2.24) is 15.3 Å². The molecule has 0 bridgehead atoms. The molecule has 1 aliphatic carbocycles. The van der Waals surface area contributed by atoms with Crippen LogP contribution in [0.25, 0.3) is 10.9 Å². The van der Waals surface area contributed by atoms with Crippen molar-refractivity contribution in [3.05, 3.63) is 28.5 Å². The normalized spacial score (nSPS) is 20.8. The van der Waals surface area contributed by atoms with Gasteiger partial charge >= 0.3 is 0 Å². The van der Waals surface area contributed by atoms with Gasteiger partial charge in [-0.3, -0.25) is 4.79 Å². The molecule has 1 heterocycles. The molecule has 1 aliphatic rings. The molecule has 1 saturated carbocycles. The van der Waals surface area contributed by atoms with Gasteiger partial charge in [0.25, 0.3) is 5.91 Å². The second kappa shape index (κ2) is 7.53. The number of nitrogens with one attached hydrogen (secondary N) is 1. The summed E-state index contributed by atoms with van der Waals surface area (Å²) in [5.41, 5.74) is 0.548. The maximum absolute atomic E-state index is 12.2. The molecule has 0 unspecified atom stereocenters. The van der Waals surface area contributed by atoms with Crippen LogP contribution in [-0.2, 0) is 4.79 Å². The first kappa shape index (κ1) is 17.2. The molecule has 0 radical (unpaired) electrons. The Morgan fingerprint density at radius 2 is 2.08 bits per heavy atom. The van der Waals surface area contributed by atoms with Gasteiger partial charge in [-0.1, -0.05) is 43.0 Å². The first-order valence-corrected chi connectivity index (χ1v) is 8.82. The van der Waals surface area contributed by atoms with Crippen molar-refractivity contribution < 1.29 is 9.53 Å². The lowest BCUT2D eigenvalue weighted by Gasteiger charge is -2.29. The quantitative estimate of drug-likeness (QED) is 0.886. The predicted octanol–water partition coefficient (Wildman–Crippen LogP) is 4.01. The molecule has 1 aromatic heterocycles. The lowest BCUT2D eigenvalue weighted by atomic mass is 9.86. The number of rotatable bonds is 4. The Hall–Kier alpha value is -1.59. The van der Waals surface area contributed by atoms with E-state index in [1.165, 1.54) is 12.7 Å². The third kappa shape index (κ3) is 3.90. The minimum atomic E-state index is -0.145. The van der Waals surface area contributed by atoms with E-state index < -0.39 is 0 Å². The number of carbonyl (C=O) groups is 1. The van der Waals surface area contributed by atoms with E-state index in [9.17, 15) is 4.79 Å². The molecule has 1 amide bonds. The van der Waals surface area contributed by atoms with Crippen LogP contribution < -0.4 is 10.1 Å². The van der Waals surface area contributed by atoms with E-state index in [4.69, 9.17) is 27.9 Å². The fourth-order valence-corrected chi connectivity index (χ4v) is 3.64. The minimum absolute atomic E-state index is 0.0978. The number of nitrogens with zero attached hydrogens (tertiary/aromatic N) is 2. The molecule has 0 aliphatic heterocycles. The van der Waals surface area contributed by atoms with Gasteiger partial charge in [-0.25, -0.2) is 9.97 Å². The van der Waals surface area contributed by atoms with Crippen LogP contribution in [-0.4, -0.2) is 28.5 Å². The van der Waals surface area contributed by atoms with Crippen molar-refractivity contribution in [2.45, 2.75) is 38.6 Å². The largest absolute Gasteiger partial charge is 0.467 e. The minimum Gasteiger partial charge on any atom is -0.467 e. The summed E-state index contributed by atoms with van der Waals surface area (Å²) in [6.45, 7) is 2.08. The van der Waals surface area contributed by atoms with Crippen molar-refractivity contribution in [1.29, 1.82) is 0 Å². The summed E-state index contributed by atoms with van der Waals surface area (Å²) < 4.78 is 5.59. The summed E-state index contributed by atoms with van der Waals surface area (Å²) in [5.74, 6) is 0.657. The van der Waals surface area contributed by atoms with E-state index in [-0.39, 0.29) is 18.6 Å². The average molecular weight is 368 g/mol. The van der Waals surface area contributed by atoms with Gasteiger partial charge in [0.1, 0.15) is 6.33 Å². The van der Waals surface area contributed by atoms with Gasteiger partial charge in [0, 0.05) is 11.1 Å². The Morgan fingerprint density at radius 3 is 2.88 bits per heavy atom. The first-order valence-electron chi connectivity index (χ1n) is 8.06. The van der Waals surface area contributed by atoms with Gasteiger partial charge in [-0.15, -0.1) is 0 Å². The molecule has 0 spiro atoms. The highest BCUT2D eigenvalue weighted by Gasteiger charge is 2.23. The zero-order valence-electron chi connectivity index (χ0n) is 13.4. The van der Waals surface area contributed by atoms with Crippen LogP contribution in [0, 0.1) is 5.92 Å². The standard InChI is InChI=1S/C17H19Cl2N3O2/c1-10-4-2-3-5-14(10)22-15(23)8-24-17-12-6-11(18)7-13(19)16(12)20-9-21-17/h6-7,9-10,14H,2-5,8H2,1H3,(H,22,23)/t10-,14-/m0/s1. The van der Waals surface area contributed by atoms with E-state index in [1.807, 2.05) is 0 Å². The smallest absolute Gasteiger partial charge is 0.258 e. The monoisotopic (exact) mass is 367 g/mol. The van der Waals surface area contributed by atoms with Crippen molar-refractivity contribution >= 4 is 40.0 Å². The molecule has 5 nitrogen and oxygen atoms in total. The molecular formula is C17H19Cl2N3O2. The van der Waals surface area contributed by atoms with Crippen LogP contribution in [0.3, 0.4) is 0 Å². The van der Waals surface area contributed by atoms with E-state index in [2.05, 4.69) is 22.2 Å². The number of amides is 1. The number of halogens is 2.